The van der Waals surface area contributed by atoms with E-state index in [1.165, 1.54) is 0 Å². The molecule has 0 bridgehead atoms. The molecule has 0 unspecified atom stereocenters. The highest BCUT2D eigenvalue weighted by atomic mass is 16.2. The van der Waals surface area contributed by atoms with Gasteiger partial charge in [0.15, 0.2) is 0 Å². The number of hydrogen-bond acceptors (Lipinski definition) is 4. The summed E-state index contributed by atoms with van der Waals surface area (Å²) >= 11 is 0. The Labute approximate surface area is 173 Å². The van der Waals surface area contributed by atoms with Crippen molar-refractivity contribution in [3.05, 3.63) is 47.0 Å². The van der Waals surface area contributed by atoms with Crippen LogP contribution < -0.4 is 5.32 Å². The Balaban J connectivity index is 2.47. The molecule has 0 saturated carbocycles. The van der Waals surface area contributed by atoms with E-state index in [1.807, 2.05) is 51.4 Å². The number of nitrogens with one attached hydrogen (secondary N) is 1. The fourth-order valence-corrected chi connectivity index (χ4v) is 3.50. The standard InChI is InChI=1S/C23H30N4O2/c1-5-19-18(15-24)14-17-10-6-7-11-20(17)22(19)23(29)27(16-21(28)25-2)13-9-8-12-26(3)4/h6-7,10-11,14H,5,8-9,12-13,16H2,1-4H3,(H,25,28). The molecule has 2 amide bonds. The van der Waals surface area contributed by atoms with E-state index in [2.05, 4.69) is 16.3 Å². The molecular weight excluding hydrogens is 364 g/mol. The van der Waals surface area contributed by atoms with Crippen molar-refractivity contribution in [1.82, 2.24) is 15.1 Å². The number of carbonyl (C=O) groups is 2. The van der Waals surface area contributed by atoms with Crippen LogP contribution in [0.15, 0.2) is 30.3 Å². The van der Waals surface area contributed by atoms with Gasteiger partial charge in [0.1, 0.15) is 0 Å². The summed E-state index contributed by atoms with van der Waals surface area (Å²) in [7, 11) is 5.60. The normalized spacial score (nSPS) is 10.8. The van der Waals surface area contributed by atoms with Gasteiger partial charge in [-0.2, -0.15) is 5.26 Å². The summed E-state index contributed by atoms with van der Waals surface area (Å²) in [5.41, 5.74) is 1.80. The Morgan fingerprint density at radius 3 is 2.45 bits per heavy atom. The predicted octanol–water partition coefficient (Wildman–Crippen LogP) is 2.80. The summed E-state index contributed by atoms with van der Waals surface area (Å²) in [6, 6.07) is 11.7. The molecule has 29 heavy (non-hydrogen) atoms. The summed E-state index contributed by atoms with van der Waals surface area (Å²) < 4.78 is 0. The van der Waals surface area contributed by atoms with Crippen molar-refractivity contribution in [3.63, 3.8) is 0 Å². The third-order valence-electron chi connectivity index (χ3n) is 5.03. The van der Waals surface area contributed by atoms with Crippen LogP contribution in [-0.4, -0.2) is 62.4 Å². The van der Waals surface area contributed by atoms with Gasteiger partial charge in [-0.25, -0.2) is 0 Å². The Kier molecular flexibility index (Phi) is 8.17. The lowest BCUT2D eigenvalue weighted by molar-refractivity contribution is -0.121. The minimum absolute atomic E-state index is 0.00552. The summed E-state index contributed by atoms with van der Waals surface area (Å²) in [6.45, 7) is 3.37. The zero-order valence-corrected chi connectivity index (χ0v) is 17.8. The lowest BCUT2D eigenvalue weighted by Gasteiger charge is -2.25. The maximum Gasteiger partial charge on any atom is 0.255 e. The average Bonchev–Trinajstić information content (AvgIpc) is 2.73. The average molecular weight is 395 g/mol. The summed E-state index contributed by atoms with van der Waals surface area (Å²) in [6.07, 6.45) is 2.31. The van der Waals surface area contributed by atoms with E-state index in [0.29, 0.717) is 24.1 Å². The Morgan fingerprint density at radius 1 is 1.14 bits per heavy atom. The Morgan fingerprint density at radius 2 is 1.83 bits per heavy atom. The molecule has 2 aromatic carbocycles. The fourth-order valence-electron chi connectivity index (χ4n) is 3.50. The number of benzene rings is 2. The quantitative estimate of drug-likeness (QED) is 0.664. The monoisotopic (exact) mass is 394 g/mol. The second kappa shape index (κ2) is 10.6. The molecule has 2 rings (SSSR count). The molecule has 0 aliphatic rings. The number of fused-ring (bicyclic) bond motifs is 1. The van der Waals surface area contributed by atoms with Gasteiger partial charge in [-0.15, -0.1) is 0 Å². The third-order valence-corrected chi connectivity index (χ3v) is 5.03. The number of likely N-dealkylation sites (N-methyl/N-ethyl adjacent to an activating group) is 1. The van der Waals surface area contributed by atoms with Crippen molar-refractivity contribution in [3.8, 4) is 6.07 Å². The van der Waals surface area contributed by atoms with E-state index in [9.17, 15) is 14.9 Å². The number of amides is 2. The topological polar surface area (TPSA) is 76.4 Å². The first-order valence-corrected chi connectivity index (χ1v) is 10.0. The van der Waals surface area contributed by atoms with Crippen molar-refractivity contribution < 1.29 is 9.59 Å². The zero-order valence-electron chi connectivity index (χ0n) is 17.8. The summed E-state index contributed by atoms with van der Waals surface area (Å²) in [5.74, 6) is -0.395. The molecule has 0 radical (unpaired) electrons. The van der Waals surface area contributed by atoms with Crippen LogP contribution in [0.1, 0.15) is 41.3 Å². The van der Waals surface area contributed by atoms with Gasteiger partial charge in [-0.3, -0.25) is 9.59 Å². The molecule has 0 aromatic heterocycles. The van der Waals surface area contributed by atoms with E-state index >= 15 is 0 Å². The fraction of sp³-hybridized carbons (Fsp3) is 0.435. The van der Waals surface area contributed by atoms with Crippen LogP contribution in [0.25, 0.3) is 10.8 Å². The van der Waals surface area contributed by atoms with Gasteiger partial charge in [0.05, 0.1) is 23.7 Å². The first-order chi connectivity index (χ1) is 13.9. The van der Waals surface area contributed by atoms with Gasteiger partial charge in [0.25, 0.3) is 5.91 Å². The maximum atomic E-state index is 13.6. The van der Waals surface area contributed by atoms with Gasteiger partial charge in [0, 0.05) is 13.6 Å². The minimum atomic E-state index is -0.204. The van der Waals surface area contributed by atoms with Gasteiger partial charge in [0.2, 0.25) is 5.91 Å². The van der Waals surface area contributed by atoms with Crippen molar-refractivity contribution in [2.24, 2.45) is 0 Å². The SMILES string of the molecule is CCc1c(C#N)cc2ccccc2c1C(=O)N(CCCCN(C)C)CC(=O)NC. The molecule has 6 heteroatoms. The van der Waals surface area contributed by atoms with E-state index in [-0.39, 0.29) is 18.4 Å². The van der Waals surface area contributed by atoms with Crippen LogP contribution in [0.4, 0.5) is 0 Å². The molecular formula is C23H30N4O2. The van der Waals surface area contributed by atoms with Crippen molar-refractivity contribution in [2.75, 3.05) is 40.8 Å². The molecule has 0 heterocycles. The van der Waals surface area contributed by atoms with Crippen molar-refractivity contribution in [2.45, 2.75) is 26.2 Å². The van der Waals surface area contributed by atoms with Gasteiger partial charge >= 0.3 is 0 Å². The zero-order chi connectivity index (χ0) is 21.4. The molecule has 0 atom stereocenters. The second-order valence-electron chi connectivity index (χ2n) is 7.37. The van der Waals surface area contributed by atoms with Crippen LogP contribution in [0.3, 0.4) is 0 Å². The van der Waals surface area contributed by atoms with Crippen LogP contribution in [0.2, 0.25) is 0 Å². The molecule has 0 spiro atoms. The molecule has 0 aliphatic heterocycles. The number of hydrogen-bond donors (Lipinski definition) is 1. The molecule has 0 fully saturated rings. The summed E-state index contributed by atoms with van der Waals surface area (Å²) in [4.78, 5) is 29.4. The molecule has 6 nitrogen and oxygen atoms in total. The van der Waals surface area contributed by atoms with Crippen LogP contribution in [-0.2, 0) is 11.2 Å². The third kappa shape index (κ3) is 5.55. The number of carbonyl (C=O) groups excluding carboxylic acids is 2. The minimum Gasteiger partial charge on any atom is -0.358 e. The number of nitrogens with zero attached hydrogens (tertiary/aromatic N) is 3. The van der Waals surface area contributed by atoms with Gasteiger partial charge in [-0.05, 0) is 62.3 Å². The van der Waals surface area contributed by atoms with Crippen LogP contribution >= 0.6 is 0 Å². The largest absolute Gasteiger partial charge is 0.358 e. The molecule has 154 valence electrons. The molecule has 1 N–H and O–H groups in total. The number of unbranched alkanes of at least 4 members (excludes halogenated alkanes) is 1. The van der Waals surface area contributed by atoms with Crippen molar-refractivity contribution >= 4 is 22.6 Å². The Hall–Kier alpha value is -2.91. The highest BCUT2D eigenvalue weighted by Crippen LogP contribution is 2.28. The van der Waals surface area contributed by atoms with E-state index < -0.39 is 0 Å². The van der Waals surface area contributed by atoms with E-state index in [4.69, 9.17) is 0 Å². The number of nitriles is 1. The van der Waals surface area contributed by atoms with Crippen LogP contribution in [0.5, 0.6) is 0 Å². The highest BCUT2D eigenvalue weighted by Gasteiger charge is 2.24. The lowest BCUT2D eigenvalue weighted by atomic mass is 9.92. The van der Waals surface area contributed by atoms with Crippen molar-refractivity contribution in [1.29, 1.82) is 5.26 Å². The lowest BCUT2D eigenvalue weighted by Crippen LogP contribution is -2.40. The molecule has 0 aliphatic carbocycles. The van der Waals surface area contributed by atoms with E-state index in [1.54, 1.807) is 11.9 Å². The van der Waals surface area contributed by atoms with Gasteiger partial charge < -0.3 is 15.1 Å². The molecule has 0 saturated heterocycles. The Bertz CT molecular complexity index is 915. The first-order valence-electron chi connectivity index (χ1n) is 10.0. The predicted molar refractivity (Wildman–Crippen MR) is 116 cm³/mol. The highest BCUT2D eigenvalue weighted by molar-refractivity contribution is 6.09. The first kappa shape index (κ1) is 22.4. The van der Waals surface area contributed by atoms with Crippen LogP contribution in [0, 0.1) is 11.3 Å². The second-order valence-corrected chi connectivity index (χ2v) is 7.37. The van der Waals surface area contributed by atoms with Gasteiger partial charge in [-0.1, -0.05) is 31.2 Å². The number of rotatable bonds is 9. The summed E-state index contributed by atoms with van der Waals surface area (Å²) in [5, 5.41) is 13.9. The maximum absolute atomic E-state index is 13.6. The smallest absolute Gasteiger partial charge is 0.255 e. The molecule has 2 aromatic rings. The van der Waals surface area contributed by atoms with E-state index in [0.717, 1.165) is 35.7 Å².